The molecule has 0 unspecified atom stereocenters. The lowest BCUT2D eigenvalue weighted by Crippen LogP contribution is -2.42. The quantitative estimate of drug-likeness (QED) is 0.562. The van der Waals surface area contributed by atoms with Crippen LogP contribution in [0, 0.1) is 0 Å². The van der Waals surface area contributed by atoms with Crippen molar-refractivity contribution in [2.75, 3.05) is 39.3 Å². The molecule has 8 nitrogen and oxygen atoms in total. The standard InChI is InChI=1S/C29H36F3N5O3/c30-29(31,32)25-4-2-1-3-23(25)20-9-14-36(18-20)27(38)24-17-34-37(26(24)19-5-6-19)21-10-15-35(16-11-21)28(39)40-22-7-12-33-13-8-22/h1-4,17,19-22,33H,5-16,18H2/t20-/m1/s1. The van der Waals surface area contributed by atoms with Gasteiger partial charge in [0, 0.05) is 38.0 Å². The number of ether oxygens (including phenoxy) is 1. The van der Waals surface area contributed by atoms with Gasteiger partial charge in [-0.2, -0.15) is 18.3 Å². The second-order valence-electron chi connectivity index (χ2n) is 11.5. The number of amides is 2. The molecule has 1 aromatic heterocycles. The lowest BCUT2D eigenvalue weighted by Gasteiger charge is -2.34. The normalized spacial score (nSPS) is 23.0. The Morgan fingerprint density at radius 3 is 2.30 bits per heavy atom. The first-order valence-electron chi connectivity index (χ1n) is 14.5. The van der Waals surface area contributed by atoms with E-state index in [0.29, 0.717) is 31.6 Å². The molecular formula is C29H36F3N5O3. The third-order valence-electron chi connectivity index (χ3n) is 8.83. The van der Waals surface area contributed by atoms with Crippen LogP contribution in [0.2, 0.25) is 0 Å². The highest BCUT2D eigenvalue weighted by Gasteiger charge is 2.40. The monoisotopic (exact) mass is 559 g/mol. The Hall–Kier alpha value is -3.08. The third-order valence-corrected chi connectivity index (χ3v) is 8.83. The number of rotatable bonds is 5. The van der Waals surface area contributed by atoms with E-state index in [0.717, 1.165) is 63.4 Å². The summed E-state index contributed by atoms with van der Waals surface area (Å²) in [5.74, 6) is -0.230. The summed E-state index contributed by atoms with van der Waals surface area (Å²) in [6.07, 6.45) is 2.57. The van der Waals surface area contributed by atoms with Gasteiger partial charge in [0.2, 0.25) is 0 Å². The highest BCUT2D eigenvalue weighted by atomic mass is 19.4. The minimum atomic E-state index is -4.42. The molecular weight excluding hydrogens is 523 g/mol. The average molecular weight is 560 g/mol. The number of likely N-dealkylation sites (tertiary alicyclic amines) is 2. The molecule has 0 bridgehead atoms. The summed E-state index contributed by atoms with van der Waals surface area (Å²) in [4.78, 5) is 29.8. The number of halogens is 3. The zero-order valence-corrected chi connectivity index (χ0v) is 22.5. The second kappa shape index (κ2) is 11.1. The van der Waals surface area contributed by atoms with Crippen molar-refractivity contribution < 1.29 is 27.5 Å². The van der Waals surface area contributed by atoms with Crippen LogP contribution in [-0.4, -0.2) is 77.0 Å². The predicted octanol–water partition coefficient (Wildman–Crippen LogP) is 4.93. The Balaban J connectivity index is 1.12. The first kappa shape index (κ1) is 27.1. The molecule has 1 N–H and O–H groups in total. The van der Waals surface area contributed by atoms with Crippen molar-refractivity contribution in [1.82, 2.24) is 24.9 Å². The molecule has 216 valence electrons. The van der Waals surface area contributed by atoms with Gasteiger partial charge in [0.15, 0.2) is 0 Å². The minimum absolute atomic E-state index is 0.0280. The van der Waals surface area contributed by atoms with Crippen molar-refractivity contribution in [2.45, 2.75) is 75.1 Å². The summed E-state index contributed by atoms with van der Waals surface area (Å²) < 4.78 is 48.5. The van der Waals surface area contributed by atoms with Gasteiger partial charge in [0.1, 0.15) is 6.10 Å². The Kier molecular flexibility index (Phi) is 7.50. The van der Waals surface area contributed by atoms with Gasteiger partial charge in [0.05, 0.1) is 29.1 Å². The molecule has 1 atom stereocenters. The average Bonchev–Trinajstić information content (AvgIpc) is 3.50. The number of alkyl halides is 3. The summed E-state index contributed by atoms with van der Waals surface area (Å²) >= 11 is 0. The maximum Gasteiger partial charge on any atom is 0.416 e. The topological polar surface area (TPSA) is 79.7 Å². The van der Waals surface area contributed by atoms with Gasteiger partial charge in [-0.25, -0.2) is 4.79 Å². The molecule has 4 heterocycles. The third kappa shape index (κ3) is 5.57. The van der Waals surface area contributed by atoms with Gasteiger partial charge in [-0.15, -0.1) is 0 Å². The van der Waals surface area contributed by atoms with Crippen molar-refractivity contribution in [2.24, 2.45) is 0 Å². The van der Waals surface area contributed by atoms with Crippen molar-refractivity contribution in [1.29, 1.82) is 0 Å². The molecule has 3 saturated heterocycles. The van der Waals surface area contributed by atoms with Crippen LogP contribution in [0.3, 0.4) is 0 Å². The van der Waals surface area contributed by atoms with Gasteiger partial charge >= 0.3 is 12.3 Å². The molecule has 2 aromatic rings. The van der Waals surface area contributed by atoms with E-state index in [1.165, 1.54) is 12.1 Å². The predicted molar refractivity (Wildman–Crippen MR) is 141 cm³/mol. The fraction of sp³-hybridized carbons (Fsp3) is 0.621. The van der Waals surface area contributed by atoms with Gasteiger partial charge in [0.25, 0.3) is 5.91 Å². The number of carbonyl (C=O) groups is 2. The van der Waals surface area contributed by atoms with Crippen molar-refractivity contribution >= 4 is 12.0 Å². The highest BCUT2D eigenvalue weighted by molar-refractivity contribution is 5.95. The first-order chi connectivity index (χ1) is 19.3. The van der Waals surface area contributed by atoms with Crippen LogP contribution in [0.25, 0.3) is 0 Å². The fourth-order valence-corrected chi connectivity index (χ4v) is 6.49. The van der Waals surface area contributed by atoms with E-state index in [9.17, 15) is 22.8 Å². The number of nitrogens with one attached hydrogen (secondary N) is 1. The number of aromatic nitrogens is 2. The molecule has 11 heteroatoms. The van der Waals surface area contributed by atoms with Crippen molar-refractivity contribution in [3.8, 4) is 0 Å². The van der Waals surface area contributed by atoms with E-state index in [-0.39, 0.29) is 48.1 Å². The molecule has 0 radical (unpaired) electrons. The first-order valence-corrected chi connectivity index (χ1v) is 14.5. The summed E-state index contributed by atoms with van der Waals surface area (Å²) in [6, 6.07) is 5.77. The fourth-order valence-electron chi connectivity index (χ4n) is 6.49. The molecule has 1 aromatic carbocycles. The lowest BCUT2D eigenvalue weighted by atomic mass is 9.93. The molecule has 40 heavy (non-hydrogen) atoms. The molecule has 4 fully saturated rings. The number of carbonyl (C=O) groups excluding carboxylic acids is 2. The van der Waals surface area contributed by atoms with Crippen molar-refractivity contribution in [3.05, 3.63) is 52.8 Å². The summed E-state index contributed by atoms with van der Waals surface area (Å²) in [5, 5.41) is 7.93. The zero-order valence-electron chi connectivity index (χ0n) is 22.5. The second-order valence-corrected chi connectivity index (χ2v) is 11.5. The summed E-state index contributed by atoms with van der Waals surface area (Å²) in [7, 11) is 0. The van der Waals surface area contributed by atoms with Crippen molar-refractivity contribution in [3.63, 3.8) is 0 Å². The lowest BCUT2D eigenvalue weighted by molar-refractivity contribution is -0.138. The summed E-state index contributed by atoms with van der Waals surface area (Å²) in [5.41, 5.74) is 1.15. The van der Waals surface area contributed by atoms with Crippen LogP contribution in [0.5, 0.6) is 0 Å². The van der Waals surface area contributed by atoms with Crippen LogP contribution in [-0.2, 0) is 10.9 Å². The minimum Gasteiger partial charge on any atom is -0.446 e. The smallest absolute Gasteiger partial charge is 0.416 e. The maximum absolute atomic E-state index is 13.7. The van der Waals surface area contributed by atoms with E-state index in [4.69, 9.17) is 4.74 Å². The molecule has 1 aliphatic carbocycles. The van der Waals surface area contributed by atoms with E-state index < -0.39 is 11.7 Å². The van der Waals surface area contributed by atoms with Crippen LogP contribution in [0.4, 0.5) is 18.0 Å². The zero-order chi connectivity index (χ0) is 27.9. The number of benzene rings is 1. The van der Waals surface area contributed by atoms with E-state index >= 15 is 0 Å². The Bertz CT molecular complexity index is 1230. The Labute approximate surface area is 231 Å². The van der Waals surface area contributed by atoms with Crippen LogP contribution >= 0.6 is 0 Å². The number of nitrogens with zero attached hydrogens (tertiary/aromatic N) is 4. The van der Waals surface area contributed by atoms with Gasteiger partial charge in [-0.3, -0.25) is 9.48 Å². The van der Waals surface area contributed by atoms with E-state index in [1.807, 2.05) is 4.68 Å². The number of hydrogen-bond acceptors (Lipinski definition) is 5. The van der Waals surface area contributed by atoms with Gasteiger partial charge < -0.3 is 19.9 Å². The molecule has 4 aliphatic rings. The van der Waals surface area contributed by atoms with Gasteiger partial charge in [-0.1, -0.05) is 18.2 Å². The largest absolute Gasteiger partial charge is 0.446 e. The maximum atomic E-state index is 13.7. The van der Waals surface area contributed by atoms with E-state index in [2.05, 4.69) is 10.4 Å². The number of hydrogen-bond donors (Lipinski definition) is 1. The van der Waals surface area contributed by atoms with Crippen LogP contribution in [0.15, 0.2) is 30.5 Å². The highest BCUT2D eigenvalue weighted by Crippen LogP contribution is 2.44. The van der Waals surface area contributed by atoms with Gasteiger partial charge in [-0.05, 0) is 69.7 Å². The van der Waals surface area contributed by atoms with E-state index in [1.54, 1.807) is 22.1 Å². The molecule has 3 aliphatic heterocycles. The SMILES string of the molecule is O=C(OC1CCNCC1)N1CCC(n2ncc(C(=O)N3CC[C@@H](c4ccccc4C(F)(F)F)C3)c2C2CC2)CC1. The molecule has 6 rings (SSSR count). The molecule has 0 spiro atoms. The molecule has 1 saturated carbocycles. The molecule has 2 amide bonds. The Morgan fingerprint density at radius 1 is 0.900 bits per heavy atom. The van der Waals surface area contributed by atoms with Crippen LogP contribution in [0.1, 0.15) is 90.0 Å². The Morgan fingerprint density at radius 2 is 1.60 bits per heavy atom. The number of piperidine rings is 2. The summed E-state index contributed by atoms with van der Waals surface area (Å²) in [6.45, 7) is 3.57. The van der Waals surface area contributed by atoms with Crippen LogP contribution < -0.4 is 5.32 Å².